The van der Waals surface area contributed by atoms with Crippen LogP contribution in [0.25, 0.3) is 10.9 Å². The van der Waals surface area contributed by atoms with Crippen LogP contribution in [0.1, 0.15) is 45.8 Å². The summed E-state index contributed by atoms with van der Waals surface area (Å²) in [6, 6.07) is 15.7. The molecule has 1 heterocycles. The van der Waals surface area contributed by atoms with Crippen molar-refractivity contribution in [1.82, 2.24) is 9.88 Å². The van der Waals surface area contributed by atoms with E-state index in [0.29, 0.717) is 11.5 Å². The molecule has 0 aliphatic heterocycles. The average molecular weight is 346 g/mol. The van der Waals surface area contributed by atoms with E-state index < -0.39 is 0 Å². The summed E-state index contributed by atoms with van der Waals surface area (Å²) in [5.41, 5.74) is 4.35. The standard InChI is InChI=1S/C22H22N2O2/c1-14-7-10-18(15-8-9-15)19(11-14)21(25)23-13-17-12-16-5-3-4-6-20(16)24(2)22(17)26/h3-7,10-12,15H,8-9,13H2,1-2H3,(H,23,25). The number of aromatic nitrogens is 1. The number of nitrogens with one attached hydrogen (secondary N) is 1. The minimum Gasteiger partial charge on any atom is -0.348 e. The van der Waals surface area contributed by atoms with Gasteiger partial charge in [-0.3, -0.25) is 9.59 Å². The van der Waals surface area contributed by atoms with E-state index >= 15 is 0 Å². The Hall–Kier alpha value is -2.88. The fraction of sp³-hybridized carbons (Fsp3) is 0.273. The van der Waals surface area contributed by atoms with Crippen LogP contribution in [0.15, 0.2) is 53.3 Å². The monoisotopic (exact) mass is 346 g/mol. The van der Waals surface area contributed by atoms with E-state index in [0.717, 1.165) is 40.4 Å². The minimum absolute atomic E-state index is 0.0735. The van der Waals surface area contributed by atoms with Gasteiger partial charge in [0.2, 0.25) is 0 Å². The van der Waals surface area contributed by atoms with Crippen LogP contribution in [0, 0.1) is 6.92 Å². The molecule has 4 rings (SSSR count). The molecule has 0 bridgehead atoms. The van der Waals surface area contributed by atoms with E-state index in [2.05, 4.69) is 17.4 Å². The maximum Gasteiger partial charge on any atom is 0.255 e. The summed E-state index contributed by atoms with van der Waals surface area (Å²) in [5, 5.41) is 3.94. The molecular formula is C22H22N2O2. The zero-order valence-electron chi connectivity index (χ0n) is 15.1. The van der Waals surface area contributed by atoms with Gasteiger partial charge >= 0.3 is 0 Å². The number of carbonyl (C=O) groups excluding carboxylic acids is 1. The van der Waals surface area contributed by atoms with Crippen LogP contribution in [0.4, 0.5) is 0 Å². The number of amides is 1. The van der Waals surface area contributed by atoms with Gasteiger partial charge in [-0.2, -0.15) is 0 Å². The molecular weight excluding hydrogens is 324 g/mol. The van der Waals surface area contributed by atoms with Crippen molar-refractivity contribution in [2.24, 2.45) is 7.05 Å². The molecule has 3 aromatic rings. The fourth-order valence-corrected chi connectivity index (χ4v) is 3.50. The number of nitrogens with zero attached hydrogens (tertiary/aromatic N) is 1. The smallest absolute Gasteiger partial charge is 0.255 e. The lowest BCUT2D eigenvalue weighted by Gasteiger charge is -2.12. The van der Waals surface area contributed by atoms with Crippen molar-refractivity contribution in [2.75, 3.05) is 0 Å². The second-order valence-corrected chi connectivity index (χ2v) is 7.14. The van der Waals surface area contributed by atoms with Gasteiger partial charge < -0.3 is 9.88 Å². The van der Waals surface area contributed by atoms with Crippen molar-refractivity contribution >= 4 is 16.8 Å². The second kappa shape index (κ2) is 6.45. The van der Waals surface area contributed by atoms with E-state index in [-0.39, 0.29) is 18.0 Å². The third-order valence-electron chi connectivity index (χ3n) is 5.12. The van der Waals surface area contributed by atoms with Crippen LogP contribution in [0.3, 0.4) is 0 Å². The molecule has 26 heavy (non-hydrogen) atoms. The highest BCUT2D eigenvalue weighted by Crippen LogP contribution is 2.41. The topological polar surface area (TPSA) is 51.1 Å². The number of hydrogen-bond donors (Lipinski definition) is 1. The highest BCUT2D eigenvalue weighted by Gasteiger charge is 2.28. The average Bonchev–Trinajstić information content (AvgIpc) is 3.48. The maximum absolute atomic E-state index is 12.8. The molecule has 0 spiro atoms. The summed E-state index contributed by atoms with van der Waals surface area (Å²) in [7, 11) is 1.77. The first-order chi connectivity index (χ1) is 12.5. The summed E-state index contributed by atoms with van der Waals surface area (Å²) in [6.07, 6.45) is 2.29. The van der Waals surface area contributed by atoms with Gasteiger partial charge in [-0.25, -0.2) is 0 Å². The Morgan fingerprint density at radius 1 is 1.15 bits per heavy atom. The molecule has 0 radical (unpaired) electrons. The number of carbonyl (C=O) groups is 1. The minimum atomic E-state index is -0.106. The van der Waals surface area contributed by atoms with E-state index in [1.807, 2.05) is 43.3 Å². The molecule has 132 valence electrons. The number of benzene rings is 2. The van der Waals surface area contributed by atoms with Gasteiger partial charge in [0.15, 0.2) is 0 Å². The Labute approximate surface area is 152 Å². The number of aryl methyl sites for hydroxylation is 2. The molecule has 0 unspecified atom stereocenters. The van der Waals surface area contributed by atoms with Gasteiger partial charge in [0.25, 0.3) is 11.5 Å². The quantitative estimate of drug-likeness (QED) is 0.784. The van der Waals surface area contributed by atoms with Crippen LogP contribution in [0.5, 0.6) is 0 Å². The van der Waals surface area contributed by atoms with Crippen LogP contribution < -0.4 is 10.9 Å². The van der Waals surface area contributed by atoms with Gasteiger partial charge in [0.05, 0.1) is 5.52 Å². The largest absolute Gasteiger partial charge is 0.348 e. The number of fused-ring (bicyclic) bond motifs is 1. The normalized spacial score (nSPS) is 13.8. The zero-order chi connectivity index (χ0) is 18.3. The van der Waals surface area contributed by atoms with Crippen LogP contribution in [-0.4, -0.2) is 10.5 Å². The Kier molecular flexibility index (Phi) is 4.11. The summed E-state index contributed by atoms with van der Waals surface area (Å²) in [5.74, 6) is 0.399. The molecule has 1 aliphatic carbocycles. The summed E-state index contributed by atoms with van der Waals surface area (Å²) >= 11 is 0. The molecule has 1 aliphatic rings. The molecule has 1 N–H and O–H groups in total. The highest BCUT2D eigenvalue weighted by atomic mass is 16.2. The van der Waals surface area contributed by atoms with Gasteiger partial charge in [-0.15, -0.1) is 0 Å². The van der Waals surface area contributed by atoms with Crippen molar-refractivity contribution in [1.29, 1.82) is 0 Å². The Bertz CT molecular complexity index is 1060. The van der Waals surface area contributed by atoms with Crippen molar-refractivity contribution in [3.05, 3.63) is 81.1 Å². The van der Waals surface area contributed by atoms with Crippen molar-refractivity contribution in [2.45, 2.75) is 32.2 Å². The molecule has 1 amide bonds. The molecule has 1 saturated carbocycles. The molecule has 0 saturated heterocycles. The third kappa shape index (κ3) is 3.03. The molecule has 2 aromatic carbocycles. The van der Waals surface area contributed by atoms with Crippen LogP contribution in [-0.2, 0) is 13.6 Å². The number of hydrogen-bond acceptors (Lipinski definition) is 2. The van der Waals surface area contributed by atoms with E-state index in [9.17, 15) is 9.59 Å². The number of pyridine rings is 1. The van der Waals surface area contributed by atoms with Crippen molar-refractivity contribution < 1.29 is 4.79 Å². The predicted molar refractivity (Wildman–Crippen MR) is 104 cm³/mol. The highest BCUT2D eigenvalue weighted by molar-refractivity contribution is 5.96. The van der Waals surface area contributed by atoms with Crippen LogP contribution >= 0.6 is 0 Å². The van der Waals surface area contributed by atoms with Gasteiger partial charge in [-0.1, -0.05) is 35.9 Å². The van der Waals surface area contributed by atoms with E-state index in [1.165, 1.54) is 0 Å². The zero-order valence-corrected chi connectivity index (χ0v) is 15.1. The van der Waals surface area contributed by atoms with E-state index in [4.69, 9.17) is 0 Å². The van der Waals surface area contributed by atoms with Gasteiger partial charge in [0.1, 0.15) is 0 Å². The van der Waals surface area contributed by atoms with Gasteiger partial charge in [-0.05, 0) is 54.8 Å². The number of rotatable bonds is 4. The Balaban J connectivity index is 1.61. The fourth-order valence-electron chi connectivity index (χ4n) is 3.50. The summed E-state index contributed by atoms with van der Waals surface area (Å²) in [6.45, 7) is 2.22. The lowest BCUT2D eigenvalue weighted by molar-refractivity contribution is 0.0949. The number of para-hydroxylation sites is 1. The first kappa shape index (κ1) is 16.6. The first-order valence-corrected chi connectivity index (χ1v) is 9.01. The lowest BCUT2D eigenvalue weighted by Crippen LogP contribution is -2.29. The van der Waals surface area contributed by atoms with Crippen LogP contribution in [0.2, 0.25) is 0 Å². The van der Waals surface area contributed by atoms with Gasteiger partial charge in [0, 0.05) is 24.7 Å². The van der Waals surface area contributed by atoms with Crippen molar-refractivity contribution in [3.8, 4) is 0 Å². The van der Waals surface area contributed by atoms with E-state index in [1.54, 1.807) is 11.6 Å². The maximum atomic E-state index is 12.8. The summed E-state index contributed by atoms with van der Waals surface area (Å²) < 4.78 is 1.64. The molecule has 0 atom stereocenters. The van der Waals surface area contributed by atoms with Crippen molar-refractivity contribution in [3.63, 3.8) is 0 Å². The molecule has 1 fully saturated rings. The Morgan fingerprint density at radius 3 is 2.69 bits per heavy atom. The first-order valence-electron chi connectivity index (χ1n) is 9.01. The Morgan fingerprint density at radius 2 is 1.92 bits per heavy atom. The third-order valence-corrected chi connectivity index (χ3v) is 5.12. The summed E-state index contributed by atoms with van der Waals surface area (Å²) in [4.78, 5) is 25.3. The second-order valence-electron chi connectivity index (χ2n) is 7.14. The molecule has 1 aromatic heterocycles. The predicted octanol–water partition coefficient (Wildman–Crippen LogP) is 3.65. The molecule has 4 heteroatoms. The SMILES string of the molecule is Cc1ccc(C2CC2)c(C(=O)NCc2cc3ccccc3n(C)c2=O)c1. The molecule has 4 nitrogen and oxygen atoms in total. The lowest BCUT2D eigenvalue weighted by atomic mass is 10.00.